The number of rotatable bonds is 5. The minimum Gasteiger partial charge on any atom is -0.304 e. The highest BCUT2D eigenvalue weighted by Gasteiger charge is 2.21. The number of anilines is 1. The van der Waals surface area contributed by atoms with Crippen LogP contribution in [0.5, 0.6) is 0 Å². The van der Waals surface area contributed by atoms with Gasteiger partial charge in [0.15, 0.2) is 5.82 Å². The van der Waals surface area contributed by atoms with Crippen molar-refractivity contribution < 1.29 is 9.18 Å². The normalized spacial score (nSPS) is 11.0. The molecule has 1 amide bonds. The SMILES string of the molecule is Cc1nn(-c2ccccc2)c(C)c1C(=O)Nc1nn(Cc2c(F)cccc2Cl)cc1Br. The van der Waals surface area contributed by atoms with Crippen molar-refractivity contribution in [2.24, 2.45) is 0 Å². The first kappa shape index (κ1) is 21.3. The molecule has 6 nitrogen and oxygen atoms in total. The zero-order valence-electron chi connectivity index (χ0n) is 16.7. The summed E-state index contributed by atoms with van der Waals surface area (Å²) in [5.74, 6) is -0.417. The second kappa shape index (κ2) is 8.64. The summed E-state index contributed by atoms with van der Waals surface area (Å²) in [6.07, 6.45) is 1.66. The molecule has 0 aliphatic rings. The molecule has 0 radical (unpaired) electrons. The van der Waals surface area contributed by atoms with E-state index < -0.39 is 5.82 Å². The Balaban J connectivity index is 1.58. The molecule has 0 atom stereocenters. The van der Waals surface area contributed by atoms with E-state index in [9.17, 15) is 9.18 Å². The molecule has 4 rings (SSSR count). The van der Waals surface area contributed by atoms with Gasteiger partial charge in [-0.3, -0.25) is 9.48 Å². The number of benzene rings is 2. The van der Waals surface area contributed by atoms with Crippen LogP contribution >= 0.6 is 27.5 Å². The Kier molecular flexibility index (Phi) is 5.93. The van der Waals surface area contributed by atoms with Gasteiger partial charge in [0.05, 0.1) is 33.7 Å². The van der Waals surface area contributed by atoms with Crippen LogP contribution in [0.1, 0.15) is 27.3 Å². The number of carbonyl (C=O) groups excluding carboxylic acids is 1. The summed E-state index contributed by atoms with van der Waals surface area (Å²) < 4.78 is 17.9. The Bertz CT molecular complexity index is 1250. The minimum absolute atomic E-state index is 0.129. The van der Waals surface area contributed by atoms with E-state index in [2.05, 4.69) is 31.4 Å². The van der Waals surface area contributed by atoms with Gasteiger partial charge < -0.3 is 5.32 Å². The Morgan fingerprint density at radius 3 is 2.58 bits per heavy atom. The molecule has 0 saturated carbocycles. The Hall–Kier alpha value is -2.97. The highest BCUT2D eigenvalue weighted by Crippen LogP contribution is 2.25. The van der Waals surface area contributed by atoms with Gasteiger partial charge in [-0.25, -0.2) is 9.07 Å². The summed E-state index contributed by atoms with van der Waals surface area (Å²) in [6, 6.07) is 14.1. The molecule has 0 spiro atoms. The first-order chi connectivity index (χ1) is 14.8. The lowest BCUT2D eigenvalue weighted by Crippen LogP contribution is -2.15. The van der Waals surface area contributed by atoms with E-state index in [0.29, 0.717) is 32.1 Å². The average Bonchev–Trinajstić information content (AvgIpc) is 3.23. The van der Waals surface area contributed by atoms with Gasteiger partial charge in [0.25, 0.3) is 5.91 Å². The molecule has 9 heteroatoms. The molecule has 2 aromatic carbocycles. The van der Waals surface area contributed by atoms with Crippen LogP contribution in [-0.4, -0.2) is 25.5 Å². The molecular formula is C22H18BrClFN5O. The third-order valence-electron chi connectivity index (χ3n) is 4.85. The number of hydrogen-bond donors (Lipinski definition) is 1. The van der Waals surface area contributed by atoms with Crippen LogP contribution in [0.3, 0.4) is 0 Å². The fourth-order valence-corrected chi connectivity index (χ4v) is 4.01. The zero-order valence-corrected chi connectivity index (χ0v) is 19.1. The largest absolute Gasteiger partial charge is 0.304 e. The van der Waals surface area contributed by atoms with Gasteiger partial charge in [-0.1, -0.05) is 35.9 Å². The Morgan fingerprint density at radius 2 is 1.87 bits per heavy atom. The Labute approximate surface area is 191 Å². The molecular weight excluding hydrogens is 485 g/mol. The predicted octanol–water partition coefficient (Wildman–Crippen LogP) is 5.54. The molecule has 0 unspecified atom stereocenters. The Morgan fingerprint density at radius 1 is 1.13 bits per heavy atom. The van der Waals surface area contributed by atoms with Crippen molar-refractivity contribution in [1.29, 1.82) is 0 Å². The lowest BCUT2D eigenvalue weighted by Gasteiger charge is -2.07. The standard InChI is InChI=1S/C22H18BrClFN5O/c1-13-20(14(2)30(27-13)15-7-4-3-5-8-15)22(31)26-21-17(23)12-29(28-21)11-16-18(24)9-6-10-19(16)25/h3-10,12H,11H2,1-2H3,(H,26,28,31). The number of carbonyl (C=O) groups is 1. The van der Waals surface area contributed by atoms with Crippen LogP contribution in [0.15, 0.2) is 59.2 Å². The topological polar surface area (TPSA) is 64.7 Å². The van der Waals surface area contributed by atoms with Crippen LogP contribution in [0.4, 0.5) is 10.2 Å². The van der Waals surface area contributed by atoms with E-state index in [1.807, 2.05) is 37.3 Å². The van der Waals surface area contributed by atoms with E-state index in [4.69, 9.17) is 11.6 Å². The van der Waals surface area contributed by atoms with E-state index in [0.717, 1.165) is 11.4 Å². The van der Waals surface area contributed by atoms with Crippen molar-refractivity contribution in [3.8, 4) is 5.69 Å². The van der Waals surface area contributed by atoms with E-state index in [1.165, 1.54) is 10.7 Å². The summed E-state index contributed by atoms with van der Waals surface area (Å²) >= 11 is 9.51. The maximum Gasteiger partial charge on any atom is 0.260 e. The molecule has 0 aliphatic heterocycles. The predicted molar refractivity (Wildman–Crippen MR) is 121 cm³/mol. The smallest absolute Gasteiger partial charge is 0.260 e. The van der Waals surface area contributed by atoms with Gasteiger partial charge in [0.2, 0.25) is 0 Å². The van der Waals surface area contributed by atoms with E-state index in [-0.39, 0.29) is 12.5 Å². The number of aromatic nitrogens is 4. The van der Waals surface area contributed by atoms with Gasteiger partial charge in [-0.05, 0) is 54.0 Å². The number of para-hydroxylation sites is 1. The molecule has 2 aromatic heterocycles. The number of nitrogens with zero attached hydrogens (tertiary/aromatic N) is 4. The number of hydrogen-bond acceptors (Lipinski definition) is 3. The maximum atomic E-state index is 14.1. The number of aryl methyl sites for hydroxylation is 1. The van der Waals surface area contributed by atoms with Crippen LogP contribution in [0, 0.1) is 19.7 Å². The first-order valence-corrected chi connectivity index (χ1v) is 10.6. The summed E-state index contributed by atoms with van der Waals surface area (Å²) in [5, 5.41) is 12.0. The molecule has 0 fully saturated rings. The van der Waals surface area contributed by atoms with Gasteiger partial charge in [-0.15, -0.1) is 0 Å². The molecule has 0 aliphatic carbocycles. The van der Waals surface area contributed by atoms with Crippen LogP contribution in [0.25, 0.3) is 5.69 Å². The highest BCUT2D eigenvalue weighted by atomic mass is 79.9. The van der Waals surface area contributed by atoms with Crippen molar-refractivity contribution in [1.82, 2.24) is 19.6 Å². The number of halogens is 3. The minimum atomic E-state index is -0.413. The fraction of sp³-hybridized carbons (Fsp3) is 0.136. The number of nitrogens with one attached hydrogen (secondary N) is 1. The number of amides is 1. The fourth-order valence-electron chi connectivity index (χ4n) is 3.37. The zero-order chi connectivity index (χ0) is 22.1. The lowest BCUT2D eigenvalue weighted by molar-refractivity contribution is 0.102. The van der Waals surface area contributed by atoms with Gasteiger partial charge >= 0.3 is 0 Å². The van der Waals surface area contributed by atoms with Crippen molar-refractivity contribution in [2.45, 2.75) is 20.4 Å². The summed E-state index contributed by atoms with van der Waals surface area (Å²) in [4.78, 5) is 13.0. The second-order valence-corrected chi connectivity index (χ2v) is 8.23. The third kappa shape index (κ3) is 4.26. The summed E-state index contributed by atoms with van der Waals surface area (Å²) in [7, 11) is 0. The third-order valence-corrected chi connectivity index (χ3v) is 5.78. The van der Waals surface area contributed by atoms with Crippen LogP contribution < -0.4 is 5.32 Å². The molecule has 4 aromatic rings. The van der Waals surface area contributed by atoms with Crippen molar-refractivity contribution in [3.63, 3.8) is 0 Å². The maximum absolute atomic E-state index is 14.1. The van der Waals surface area contributed by atoms with Crippen molar-refractivity contribution in [3.05, 3.63) is 92.6 Å². The molecule has 2 heterocycles. The molecule has 158 valence electrons. The first-order valence-electron chi connectivity index (χ1n) is 9.44. The molecule has 0 saturated heterocycles. The molecule has 1 N–H and O–H groups in total. The lowest BCUT2D eigenvalue weighted by atomic mass is 10.2. The molecule has 0 bridgehead atoms. The van der Waals surface area contributed by atoms with Crippen molar-refractivity contribution >= 4 is 39.3 Å². The van der Waals surface area contributed by atoms with Crippen LogP contribution in [-0.2, 0) is 6.54 Å². The monoisotopic (exact) mass is 501 g/mol. The van der Waals surface area contributed by atoms with Crippen LogP contribution in [0.2, 0.25) is 5.02 Å². The van der Waals surface area contributed by atoms with E-state index in [1.54, 1.807) is 29.9 Å². The molecule has 31 heavy (non-hydrogen) atoms. The van der Waals surface area contributed by atoms with Gasteiger partial charge in [0, 0.05) is 16.8 Å². The second-order valence-electron chi connectivity index (χ2n) is 6.97. The van der Waals surface area contributed by atoms with Crippen molar-refractivity contribution in [2.75, 3.05) is 5.32 Å². The summed E-state index contributed by atoms with van der Waals surface area (Å²) in [5.41, 5.74) is 2.99. The highest BCUT2D eigenvalue weighted by molar-refractivity contribution is 9.10. The average molecular weight is 503 g/mol. The van der Waals surface area contributed by atoms with E-state index >= 15 is 0 Å². The van der Waals surface area contributed by atoms with Gasteiger partial charge in [0.1, 0.15) is 5.82 Å². The summed E-state index contributed by atoms with van der Waals surface area (Å²) in [6.45, 7) is 3.76. The quantitative estimate of drug-likeness (QED) is 0.390. The van der Waals surface area contributed by atoms with Gasteiger partial charge in [-0.2, -0.15) is 10.2 Å².